The molecule has 9 nitrogen and oxygen atoms in total. The van der Waals surface area contributed by atoms with Gasteiger partial charge in [-0.2, -0.15) is 0 Å². The fourth-order valence-electron chi connectivity index (χ4n) is 5.37. The number of ketones is 1. The van der Waals surface area contributed by atoms with Gasteiger partial charge in [-0.15, -0.1) is 11.3 Å². The summed E-state index contributed by atoms with van der Waals surface area (Å²) in [6.07, 6.45) is 2.81. The fourth-order valence-corrected chi connectivity index (χ4v) is 5.94. The molecular weight excluding hydrogens is 546 g/mol. The molecule has 3 heterocycles. The van der Waals surface area contributed by atoms with Crippen molar-refractivity contribution < 1.29 is 39.1 Å². The Morgan fingerprint density at radius 2 is 1.85 bits per heavy atom. The number of aliphatic hydroxyl groups excluding tert-OH is 3. The molecule has 0 aliphatic carbocycles. The summed E-state index contributed by atoms with van der Waals surface area (Å²) in [7, 11) is 0. The number of aromatic nitrogens is 1. The Kier molecular flexibility index (Phi) is 12.3. The van der Waals surface area contributed by atoms with Gasteiger partial charge in [0.1, 0.15) is 18.0 Å². The van der Waals surface area contributed by atoms with Gasteiger partial charge in [-0.05, 0) is 50.7 Å². The molecule has 0 spiro atoms. The van der Waals surface area contributed by atoms with Crippen LogP contribution in [-0.2, 0) is 23.8 Å². The first-order valence-electron chi connectivity index (χ1n) is 14.6. The normalized spacial score (nSPS) is 33.2. The average molecular weight is 594 g/mol. The highest BCUT2D eigenvalue weighted by Crippen LogP contribution is 2.33. The van der Waals surface area contributed by atoms with Crippen molar-refractivity contribution in [2.45, 2.75) is 111 Å². The number of aryl methyl sites for hydroxylation is 1. The molecular formula is C31H47NO8S. The zero-order chi connectivity index (χ0) is 30.3. The van der Waals surface area contributed by atoms with Gasteiger partial charge in [0.25, 0.3) is 0 Å². The SMILES string of the molecule is CC(=Cc1csc(C)n1)[C@@H]1CC=C(CC2OCC(O)CO2)CCC[C@H](C)[C@H](O)[C@@H](C)C(=O)C(C)(C)[C@@H](O)CC(=O)O1. The molecule has 2 aliphatic rings. The maximum atomic E-state index is 13.4. The zero-order valence-electron chi connectivity index (χ0n) is 25.2. The van der Waals surface area contributed by atoms with Crippen LogP contribution in [0.3, 0.4) is 0 Å². The fraction of sp³-hybridized carbons (Fsp3) is 0.710. The van der Waals surface area contributed by atoms with E-state index in [1.54, 1.807) is 20.8 Å². The number of thiazole rings is 1. The monoisotopic (exact) mass is 593 g/mol. The van der Waals surface area contributed by atoms with Crippen LogP contribution >= 0.6 is 11.3 Å². The summed E-state index contributed by atoms with van der Waals surface area (Å²) in [6, 6.07) is 0. The maximum Gasteiger partial charge on any atom is 0.309 e. The van der Waals surface area contributed by atoms with E-state index in [4.69, 9.17) is 14.2 Å². The zero-order valence-corrected chi connectivity index (χ0v) is 26.0. The first-order valence-corrected chi connectivity index (χ1v) is 15.4. The summed E-state index contributed by atoms with van der Waals surface area (Å²) in [5.41, 5.74) is 1.41. The number of esters is 1. The largest absolute Gasteiger partial charge is 0.457 e. The third-order valence-corrected chi connectivity index (χ3v) is 9.08. The number of aliphatic hydroxyl groups is 3. The van der Waals surface area contributed by atoms with E-state index in [0.717, 1.165) is 28.3 Å². The minimum atomic E-state index is -1.27. The van der Waals surface area contributed by atoms with Gasteiger partial charge in [0.15, 0.2) is 6.29 Å². The van der Waals surface area contributed by atoms with Gasteiger partial charge in [0, 0.05) is 24.1 Å². The van der Waals surface area contributed by atoms with Crippen molar-refractivity contribution >= 4 is 29.2 Å². The molecule has 3 rings (SSSR count). The molecule has 230 valence electrons. The van der Waals surface area contributed by atoms with Crippen molar-refractivity contribution in [1.82, 2.24) is 4.98 Å². The molecule has 1 aromatic heterocycles. The second-order valence-electron chi connectivity index (χ2n) is 12.2. The Hall–Kier alpha value is -1.95. The molecule has 5 atom stereocenters. The van der Waals surface area contributed by atoms with Crippen LogP contribution in [0, 0.1) is 24.2 Å². The van der Waals surface area contributed by atoms with Gasteiger partial charge in [0.2, 0.25) is 0 Å². The highest BCUT2D eigenvalue weighted by Gasteiger charge is 2.42. The van der Waals surface area contributed by atoms with Gasteiger partial charge in [-0.1, -0.05) is 39.3 Å². The van der Waals surface area contributed by atoms with Crippen LogP contribution in [0.4, 0.5) is 0 Å². The van der Waals surface area contributed by atoms with Crippen molar-refractivity contribution in [2.75, 3.05) is 13.2 Å². The number of ether oxygens (including phenoxy) is 3. The number of carbonyl (C=O) groups is 2. The summed E-state index contributed by atoms with van der Waals surface area (Å²) in [4.78, 5) is 31.0. The number of Topliss-reactive ketones (excluding diaryl/α,β-unsaturated/α-hetero) is 1. The summed E-state index contributed by atoms with van der Waals surface area (Å²) >= 11 is 1.54. The Labute approximate surface area is 247 Å². The van der Waals surface area contributed by atoms with Crippen LogP contribution in [0.2, 0.25) is 0 Å². The van der Waals surface area contributed by atoms with Crippen molar-refractivity contribution in [3.8, 4) is 0 Å². The van der Waals surface area contributed by atoms with Crippen molar-refractivity contribution in [3.05, 3.63) is 33.3 Å². The average Bonchev–Trinajstić information content (AvgIpc) is 3.33. The molecule has 1 saturated heterocycles. The first kappa shape index (κ1) is 33.6. The highest BCUT2D eigenvalue weighted by atomic mass is 32.1. The second-order valence-corrected chi connectivity index (χ2v) is 13.2. The lowest BCUT2D eigenvalue weighted by molar-refractivity contribution is -0.215. The summed E-state index contributed by atoms with van der Waals surface area (Å²) in [5, 5.41) is 34.6. The molecule has 0 saturated carbocycles. The van der Waals surface area contributed by atoms with E-state index < -0.39 is 48.0 Å². The summed E-state index contributed by atoms with van der Waals surface area (Å²) < 4.78 is 17.3. The number of hydrogen-bond donors (Lipinski definition) is 3. The van der Waals surface area contributed by atoms with Crippen molar-refractivity contribution in [2.24, 2.45) is 17.3 Å². The van der Waals surface area contributed by atoms with Gasteiger partial charge >= 0.3 is 5.97 Å². The van der Waals surface area contributed by atoms with Gasteiger partial charge in [0.05, 0.1) is 48.0 Å². The quantitative estimate of drug-likeness (QED) is 0.343. The lowest BCUT2D eigenvalue weighted by Gasteiger charge is -2.34. The van der Waals surface area contributed by atoms with E-state index in [2.05, 4.69) is 11.1 Å². The third-order valence-electron chi connectivity index (χ3n) is 8.29. The summed E-state index contributed by atoms with van der Waals surface area (Å²) in [6.45, 7) is 11.1. The molecule has 0 unspecified atom stereocenters. The van der Waals surface area contributed by atoms with Crippen LogP contribution in [0.15, 0.2) is 22.6 Å². The second kappa shape index (κ2) is 15.0. The van der Waals surface area contributed by atoms with E-state index in [0.29, 0.717) is 25.7 Å². The minimum Gasteiger partial charge on any atom is -0.457 e. The van der Waals surface area contributed by atoms with Crippen LogP contribution < -0.4 is 0 Å². The lowest BCUT2D eigenvalue weighted by Crippen LogP contribution is -2.45. The number of hydrogen-bond acceptors (Lipinski definition) is 10. The topological polar surface area (TPSA) is 135 Å². The first-order chi connectivity index (χ1) is 19.3. The molecule has 41 heavy (non-hydrogen) atoms. The smallest absolute Gasteiger partial charge is 0.309 e. The molecule has 10 heteroatoms. The molecule has 3 N–H and O–H groups in total. The molecule has 0 bridgehead atoms. The van der Waals surface area contributed by atoms with Crippen LogP contribution in [0.1, 0.15) is 83.8 Å². The molecule has 0 radical (unpaired) electrons. The predicted molar refractivity (Wildman–Crippen MR) is 157 cm³/mol. The van der Waals surface area contributed by atoms with E-state index in [1.165, 1.54) is 11.3 Å². The molecule has 0 amide bonds. The Balaban J connectivity index is 1.91. The van der Waals surface area contributed by atoms with Gasteiger partial charge in [-0.25, -0.2) is 4.98 Å². The standard InChI is InChI=1S/C31H47NO8S/c1-18-8-7-9-22(13-28-38-15-24(33)16-39-28)10-11-25(19(2)12-23-17-41-21(4)32-23)40-27(35)14-26(34)31(5,6)30(37)20(3)29(18)36/h10,12,17-18,20,24-26,28-29,33-34,36H,7-9,11,13-16H2,1-6H3/t18-,20+,24?,25-,26-,28?,29-/m0/s1. The van der Waals surface area contributed by atoms with E-state index >= 15 is 0 Å². The minimum absolute atomic E-state index is 0.141. The predicted octanol–water partition coefficient (Wildman–Crippen LogP) is 4.37. The number of nitrogens with zero attached hydrogens (tertiary/aromatic N) is 1. The van der Waals surface area contributed by atoms with E-state index in [9.17, 15) is 24.9 Å². The molecule has 1 aromatic rings. The molecule has 2 aliphatic heterocycles. The van der Waals surface area contributed by atoms with Gasteiger partial charge < -0.3 is 29.5 Å². The Bertz CT molecular complexity index is 1090. The van der Waals surface area contributed by atoms with Crippen molar-refractivity contribution in [3.63, 3.8) is 0 Å². The number of rotatable bonds is 4. The van der Waals surface area contributed by atoms with Crippen LogP contribution in [0.5, 0.6) is 0 Å². The van der Waals surface area contributed by atoms with Crippen LogP contribution in [0.25, 0.3) is 6.08 Å². The maximum absolute atomic E-state index is 13.4. The Morgan fingerprint density at radius 3 is 2.49 bits per heavy atom. The molecule has 0 aromatic carbocycles. The van der Waals surface area contributed by atoms with Crippen molar-refractivity contribution in [1.29, 1.82) is 0 Å². The lowest BCUT2D eigenvalue weighted by atomic mass is 9.73. The van der Waals surface area contributed by atoms with Gasteiger partial charge in [-0.3, -0.25) is 9.59 Å². The number of carbonyl (C=O) groups excluding carboxylic acids is 2. The highest BCUT2D eigenvalue weighted by molar-refractivity contribution is 7.09. The summed E-state index contributed by atoms with van der Waals surface area (Å²) in [5.74, 6) is -1.74. The van der Waals surface area contributed by atoms with Crippen LogP contribution in [-0.4, -0.2) is 76.0 Å². The van der Waals surface area contributed by atoms with E-state index in [1.807, 2.05) is 32.2 Å². The van der Waals surface area contributed by atoms with E-state index in [-0.39, 0.29) is 31.3 Å². The number of cyclic esters (lactones) is 1. The third kappa shape index (κ3) is 9.53. The Morgan fingerprint density at radius 1 is 1.17 bits per heavy atom. The molecule has 1 fully saturated rings.